The Morgan fingerprint density at radius 3 is 1.64 bits per heavy atom. The summed E-state index contributed by atoms with van der Waals surface area (Å²) >= 11 is 0. The Kier molecular flexibility index (Phi) is 10.0. The van der Waals surface area contributed by atoms with Gasteiger partial charge in [0, 0.05) is 50.6 Å². The van der Waals surface area contributed by atoms with Gasteiger partial charge in [0.1, 0.15) is 30.4 Å². The molecule has 0 radical (unpaired) electrons. The number of aromatic amines is 2. The average Bonchev–Trinajstić information content (AvgIpc) is 3.63. The molecule has 4 heterocycles. The number of hydrogen-bond donors (Lipinski definition) is 2. The van der Waals surface area contributed by atoms with Gasteiger partial charge < -0.3 is 23.5 Å². The smallest absolute Gasteiger partial charge is 0.404 e. The van der Waals surface area contributed by atoms with E-state index < -0.39 is 67.2 Å². The van der Waals surface area contributed by atoms with Crippen LogP contribution in [0.4, 0.5) is 0 Å². The van der Waals surface area contributed by atoms with E-state index in [2.05, 4.69) is 9.97 Å². The molecule has 0 bridgehead atoms. The van der Waals surface area contributed by atoms with Gasteiger partial charge in [-0.05, 0) is 26.0 Å². The fourth-order valence-electron chi connectivity index (χ4n) is 5.17. The quantitative estimate of drug-likeness (QED) is 0.269. The first kappa shape index (κ1) is 32.8. The van der Waals surface area contributed by atoms with Crippen LogP contribution in [0.25, 0.3) is 0 Å². The van der Waals surface area contributed by atoms with Crippen LogP contribution in [0.2, 0.25) is 0 Å². The summed E-state index contributed by atoms with van der Waals surface area (Å²) in [5, 5.41) is 0. The molecule has 2 N–H and O–H groups in total. The predicted octanol–water partition coefficient (Wildman–Crippen LogP) is 1.53. The molecule has 0 amide bonds. The molecule has 45 heavy (non-hydrogen) atoms. The van der Waals surface area contributed by atoms with E-state index in [9.17, 15) is 23.7 Å². The minimum atomic E-state index is -4.35. The largest absolute Gasteiger partial charge is 0.530 e. The molecule has 2 aromatic heterocycles. The first-order valence-electron chi connectivity index (χ1n) is 14.1. The zero-order valence-corrected chi connectivity index (χ0v) is 26.0. The van der Waals surface area contributed by atoms with Gasteiger partial charge in [0.15, 0.2) is 0 Å². The highest BCUT2D eigenvalue weighted by atomic mass is 31.2. The van der Waals surface area contributed by atoms with Crippen molar-refractivity contribution in [3.63, 3.8) is 0 Å². The highest BCUT2D eigenvalue weighted by Gasteiger charge is 2.43. The molecule has 17 heteroatoms. The number of phosphoric ester groups is 1. The lowest BCUT2D eigenvalue weighted by Gasteiger charge is -2.24. The molecule has 5 rings (SSSR count). The molecule has 2 fully saturated rings. The Morgan fingerprint density at radius 2 is 1.22 bits per heavy atom. The number of aromatic nitrogens is 4. The van der Waals surface area contributed by atoms with E-state index in [-0.39, 0.29) is 31.8 Å². The first-order chi connectivity index (χ1) is 21.5. The van der Waals surface area contributed by atoms with Crippen molar-refractivity contribution < 1.29 is 37.1 Å². The number of ether oxygens (including phenoxy) is 4. The summed E-state index contributed by atoms with van der Waals surface area (Å²) in [5.74, 6) is 0.216. The van der Waals surface area contributed by atoms with Crippen molar-refractivity contribution in [1.82, 2.24) is 19.1 Å². The number of para-hydroxylation sites is 1. The Labute approximate surface area is 256 Å². The van der Waals surface area contributed by atoms with Gasteiger partial charge in [0.25, 0.3) is 11.1 Å². The number of nitrogens with one attached hydrogen (secondary N) is 2. The number of methoxy groups -OCH3 is 2. The molecule has 2 aliphatic heterocycles. The Morgan fingerprint density at radius 1 is 0.778 bits per heavy atom. The maximum Gasteiger partial charge on any atom is 0.530 e. The second-order valence-electron chi connectivity index (χ2n) is 10.7. The van der Waals surface area contributed by atoms with Gasteiger partial charge in [-0.1, -0.05) is 18.2 Å². The minimum absolute atomic E-state index is 0.216. The van der Waals surface area contributed by atoms with Gasteiger partial charge in [-0.25, -0.2) is 14.2 Å². The van der Waals surface area contributed by atoms with Crippen LogP contribution in [0.1, 0.15) is 36.4 Å². The second kappa shape index (κ2) is 13.8. The van der Waals surface area contributed by atoms with E-state index in [0.29, 0.717) is 11.1 Å². The van der Waals surface area contributed by atoms with Gasteiger partial charge in [-0.2, -0.15) is 0 Å². The fourth-order valence-corrected chi connectivity index (χ4v) is 6.39. The molecule has 2 saturated heterocycles. The van der Waals surface area contributed by atoms with Crippen molar-refractivity contribution in [1.29, 1.82) is 0 Å². The second-order valence-corrected chi connectivity index (χ2v) is 12.3. The summed E-state index contributed by atoms with van der Waals surface area (Å²) < 4.78 is 56.9. The Balaban J connectivity index is 1.31. The first-order valence-corrected chi connectivity index (χ1v) is 15.6. The van der Waals surface area contributed by atoms with Crippen molar-refractivity contribution in [2.24, 2.45) is 0 Å². The van der Waals surface area contributed by atoms with E-state index >= 15 is 0 Å². The zero-order valence-electron chi connectivity index (χ0n) is 25.1. The lowest BCUT2D eigenvalue weighted by Crippen LogP contribution is -2.33. The normalized spacial score (nSPS) is 25.1. The van der Waals surface area contributed by atoms with E-state index in [1.165, 1.54) is 35.7 Å². The third-order valence-electron chi connectivity index (χ3n) is 7.63. The fraction of sp³-hybridized carbons (Fsp3) is 0.500. The maximum absolute atomic E-state index is 14.0. The minimum Gasteiger partial charge on any atom is -0.404 e. The highest BCUT2D eigenvalue weighted by molar-refractivity contribution is 7.48. The van der Waals surface area contributed by atoms with E-state index in [4.69, 9.17) is 32.5 Å². The van der Waals surface area contributed by atoms with Crippen molar-refractivity contribution in [2.75, 3.05) is 27.4 Å². The number of H-pyrrole nitrogens is 2. The number of aryl methyl sites for hydroxylation is 2. The lowest BCUT2D eigenvalue weighted by atomic mass is 10.2. The van der Waals surface area contributed by atoms with Gasteiger partial charge >= 0.3 is 19.2 Å². The van der Waals surface area contributed by atoms with Crippen LogP contribution in [0.3, 0.4) is 0 Å². The van der Waals surface area contributed by atoms with Gasteiger partial charge in [0.2, 0.25) is 0 Å². The van der Waals surface area contributed by atoms with Crippen LogP contribution in [0.15, 0.2) is 61.9 Å². The number of rotatable bonds is 12. The monoisotopic (exact) mass is 650 g/mol. The number of nitrogens with zero attached hydrogens (tertiary/aromatic N) is 2. The van der Waals surface area contributed by atoms with Crippen LogP contribution in [-0.2, 0) is 32.6 Å². The zero-order chi connectivity index (χ0) is 32.3. The molecule has 0 aliphatic carbocycles. The number of hydrogen-bond acceptors (Lipinski definition) is 12. The van der Waals surface area contributed by atoms with E-state index in [0.717, 1.165) is 0 Å². The standard InChI is InChI=1S/C28H35N4O12P/c1-16-12-31(27(35)29-25(16)33)23-10-19(38-3)21(42-23)14-40-45(37,44-18-8-6-5-7-9-18)41-15-22-20(39-4)11-24(43-22)32-13-17(2)26(34)30-28(32)36/h5-9,12-13,19-24H,10-11,14-15H2,1-4H3,(H,29,33,35)(H,30,34,36)/t19-,20-,21+,22+,23+,24+/m0/s1. The summed E-state index contributed by atoms with van der Waals surface area (Å²) in [6, 6.07) is 8.28. The molecule has 0 saturated carbocycles. The molecule has 3 aromatic rings. The summed E-state index contributed by atoms with van der Waals surface area (Å²) in [6.45, 7) is 2.53. The van der Waals surface area contributed by atoms with Gasteiger partial charge in [-0.15, -0.1) is 0 Å². The topological polar surface area (TPSA) is 191 Å². The highest BCUT2D eigenvalue weighted by Crippen LogP contribution is 2.51. The van der Waals surface area contributed by atoms with Crippen molar-refractivity contribution in [3.05, 3.63) is 95.5 Å². The average molecular weight is 651 g/mol. The maximum atomic E-state index is 14.0. The molecule has 244 valence electrons. The molecule has 2 aliphatic rings. The summed E-state index contributed by atoms with van der Waals surface area (Å²) in [7, 11) is -1.42. The Bertz CT molecular complexity index is 1660. The molecular formula is C28H35N4O12P. The number of benzene rings is 1. The SMILES string of the molecule is CO[C@H]1C[C@H](n2cc(C)c(=O)[nH]c2=O)O[C@@H]1COP(=O)(OC[C@H]1O[C@@H](n2cc(C)c(=O)[nH]c2=O)C[C@@H]1OC)Oc1ccccc1. The number of phosphoric acid groups is 1. The predicted molar refractivity (Wildman–Crippen MR) is 157 cm³/mol. The Hall–Kier alpha value is -3.63. The molecule has 0 unspecified atom stereocenters. The lowest BCUT2D eigenvalue weighted by molar-refractivity contribution is -0.0644. The third kappa shape index (κ3) is 7.44. The summed E-state index contributed by atoms with van der Waals surface area (Å²) in [5.41, 5.74) is -1.63. The molecule has 6 atom stereocenters. The van der Waals surface area contributed by atoms with Crippen molar-refractivity contribution in [2.45, 2.75) is 63.6 Å². The van der Waals surface area contributed by atoms with Crippen LogP contribution in [0, 0.1) is 13.8 Å². The van der Waals surface area contributed by atoms with Gasteiger partial charge in [0.05, 0.1) is 25.4 Å². The van der Waals surface area contributed by atoms with E-state index in [1.807, 2.05) is 0 Å². The third-order valence-corrected chi connectivity index (χ3v) is 9.00. The van der Waals surface area contributed by atoms with Crippen molar-refractivity contribution in [3.8, 4) is 5.75 Å². The summed E-state index contributed by atoms with van der Waals surface area (Å²) in [4.78, 5) is 53.0. The summed E-state index contributed by atoms with van der Waals surface area (Å²) in [6.07, 6.45) is -0.967. The molecule has 1 aromatic carbocycles. The molecular weight excluding hydrogens is 615 g/mol. The van der Waals surface area contributed by atoms with Crippen LogP contribution in [0.5, 0.6) is 5.75 Å². The van der Waals surface area contributed by atoms with Crippen molar-refractivity contribution >= 4 is 7.82 Å². The van der Waals surface area contributed by atoms with Crippen LogP contribution in [-0.4, -0.2) is 71.0 Å². The van der Waals surface area contributed by atoms with E-state index in [1.54, 1.807) is 44.2 Å². The van der Waals surface area contributed by atoms with Crippen LogP contribution >= 0.6 is 7.82 Å². The van der Waals surface area contributed by atoms with Gasteiger partial charge in [-0.3, -0.25) is 37.7 Å². The molecule has 0 spiro atoms. The van der Waals surface area contributed by atoms with Crippen LogP contribution < -0.4 is 27.0 Å². The molecule has 16 nitrogen and oxygen atoms in total.